The number of hydrogen-bond donors (Lipinski definition) is 1. The summed E-state index contributed by atoms with van der Waals surface area (Å²) in [5.41, 5.74) is 0.996. The Morgan fingerprint density at radius 1 is 1.29 bits per heavy atom. The van der Waals surface area contributed by atoms with Gasteiger partial charge in [-0.15, -0.1) is 0 Å². The number of sulfonamides is 1. The molecule has 6 heteroatoms. The Bertz CT molecular complexity index is 538. The lowest BCUT2D eigenvalue weighted by atomic mass is 10.2. The van der Waals surface area contributed by atoms with E-state index in [1.807, 2.05) is 12.1 Å². The Morgan fingerprint density at radius 2 is 2.14 bits per heavy atom. The fraction of sp³-hybridized carbons (Fsp3) is 0.600. The molecular formula is C15H24N2O3S. The predicted molar refractivity (Wildman–Crippen MR) is 82.6 cm³/mol. The fourth-order valence-corrected chi connectivity index (χ4v) is 3.87. The molecule has 0 radical (unpaired) electrons. The van der Waals surface area contributed by atoms with Gasteiger partial charge >= 0.3 is 0 Å². The SMILES string of the molecule is CCCNCc1cccc(S(=O)(=O)N2CCCOCC2)c1. The first-order valence-electron chi connectivity index (χ1n) is 7.52. The minimum atomic E-state index is -3.41. The lowest BCUT2D eigenvalue weighted by Gasteiger charge is -2.19. The topological polar surface area (TPSA) is 58.6 Å². The molecule has 2 rings (SSSR count). The van der Waals surface area contributed by atoms with E-state index in [9.17, 15) is 8.42 Å². The molecule has 1 fully saturated rings. The summed E-state index contributed by atoms with van der Waals surface area (Å²) in [4.78, 5) is 0.375. The summed E-state index contributed by atoms with van der Waals surface area (Å²) in [6, 6.07) is 7.20. The van der Waals surface area contributed by atoms with Gasteiger partial charge in [-0.3, -0.25) is 0 Å². The molecule has 0 aromatic heterocycles. The van der Waals surface area contributed by atoms with Crippen molar-refractivity contribution in [3.63, 3.8) is 0 Å². The molecule has 5 nitrogen and oxygen atoms in total. The van der Waals surface area contributed by atoms with Gasteiger partial charge in [-0.05, 0) is 37.1 Å². The highest BCUT2D eigenvalue weighted by Crippen LogP contribution is 2.18. The molecule has 0 amide bonds. The van der Waals surface area contributed by atoms with Crippen LogP contribution >= 0.6 is 0 Å². The van der Waals surface area contributed by atoms with Crippen LogP contribution in [-0.4, -0.2) is 45.6 Å². The van der Waals surface area contributed by atoms with Crippen LogP contribution in [0.25, 0.3) is 0 Å². The van der Waals surface area contributed by atoms with Crippen molar-refractivity contribution in [2.45, 2.75) is 31.2 Å². The van der Waals surface area contributed by atoms with Gasteiger partial charge in [0.2, 0.25) is 10.0 Å². The maximum absolute atomic E-state index is 12.7. The molecule has 1 aromatic carbocycles. The summed E-state index contributed by atoms with van der Waals surface area (Å²) >= 11 is 0. The maximum Gasteiger partial charge on any atom is 0.243 e. The van der Waals surface area contributed by atoms with Crippen molar-refractivity contribution in [2.24, 2.45) is 0 Å². The average Bonchev–Trinajstić information content (AvgIpc) is 2.77. The van der Waals surface area contributed by atoms with E-state index in [0.717, 1.165) is 24.9 Å². The molecule has 0 atom stereocenters. The minimum absolute atomic E-state index is 0.375. The lowest BCUT2D eigenvalue weighted by molar-refractivity contribution is 0.148. The van der Waals surface area contributed by atoms with Crippen LogP contribution in [0.5, 0.6) is 0 Å². The number of nitrogens with one attached hydrogen (secondary N) is 1. The number of benzene rings is 1. The highest BCUT2D eigenvalue weighted by Gasteiger charge is 2.25. The van der Waals surface area contributed by atoms with E-state index < -0.39 is 10.0 Å². The van der Waals surface area contributed by atoms with Crippen molar-refractivity contribution < 1.29 is 13.2 Å². The number of nitrogens with zero attached hydrogens (tertiary/aromatic N) is 1. The van der Waals surface area contributed by atoms with E-state index in [4.69, 9.17) is 4.74 Å². The minimum Gasteiger partial charge on any atom is -0.380 e. The Kier molecular flexibility index (Phi) is 6.17. The molecule has 0 spiro atoms. The molecule has 1 aliphatic heterocycles. The first-order valence-corrected chi connectivity index (χ1v) is 8.96. The molecule has 118 valence electrons. The van der Waals surface area contributed by atoms with E-state index >= 15 is 0 Å². The Hall–Kier alpha value is -0.950. The summed E-state index contributed by atoms with van der Waals surface area (Å²) in [5.74, 6) is 0. The summed E-state index contributed by atoms with van der Waals surface area (Å²) in [5, 5.41) is 3.29. The van der Waals surface area contributed by atoms with E-state index in [1.54, 1.807) is 12.1 Å². The van der Waals surface area contributed by atoms with E-state index in [1.165, 1.54) is 4.31 Å². The first-order chi connectivity index (χ1) is 10.1. The van der Waals surface area contributed by atoms with Crippen molar-refractivity contribution in [3.8, 4) is 0 Å². The molecule has 0 unspecified atom stereocenters. The van der Waals surface area contributed by atoms with Gasteiger partial charge < -0.3 is 10.1 Å². The van der Waals surface area contributed by atoms with Crippen LogP contribution in [0.3, 0.4) is 0 Å². The molecule has 0 saturated carbocycles. The van der Waals surface area contributed by atoms with Crippen molar-refractivity contribution in [2.75, 3.05) is 32.8 Å². The number of ether oxygens (including phenoxy) is 1. The van der Waals surface area contributed by atoms with Crippen LogP contribution in [0.1, 0.15) is 25.3 Å². The van der Waals surface area contributed by atoms with Gasteiger partial charge in [0.15, 0.2) is 0 Å². The third-order valence-electron chi connectivity index (χ3n) is 3.47. The van der Waals surface area contributed by atoms with Crippen LogP contribution in [-0.2, 0) is 21.3 Å². The van der Waals surface area contributed by atoms with Crippen LogP contribution in [0, 0.1) is 0 Å². The van der Waals surface area contributed by atoms with Crippen LogP contribution in [0.15, 0.2) is 29.2 Å². The maximum atomic E-state index is 12.7. The molecule has 0 aliphatic carbocycles. The molecule has 0 bridgehead atoms. The third-order valence-corrected chi connectivity index (χ3v) is 5.37. The third kappa shape index (κ3) is 4.51. The highest BCUT2D eigenvalue weighted by atomic mass is 32.2. The van der Waals surface area contributed by atoms with E-state index in [-0.39, 0.29) is 0 Å². The second kappa shape index (κ2) is 7.89. The second-order valence-electron chi connectivity index (χ2n) is 5.19. The smallest absolute Gasteiger partial charge is 0.243 e. The summed E-state index contributed by atoms with van der Waals surface area (Å²) in [6.45, 7) is 5.79. The normalized spacial score (nSPS) is 17.6. The average molecular weight is 312 g/mol. The molecule has 1 heterocycles. The Labute approximate surface area is 127 Å². The summed E-state index contributed by atoms with van der Waals surface area (Å²) in [7, 11) is -3.41. The molecule has 21 heavy (non-hydrogen) atoms. The zero-order valence-electron chi connectivity index (χ0n) is 12.5. The molecule has 1 aliphatic rings. The number of hydrogen-bond acceptors (Lipinski definition) is 4. The van der Waals surface area contributed by atoms with E-state index in [2.05, 4.69) is 12.2 Å². The van der Waals surface area contributed by atoms with Crippen LogP contribution in [0.2, 0.25) is 0 Å². The first kappa shape index (κ1) is 16.4. The molecule has 1 aromatic rings. The highest BCUT2D eigenvalue weighted by molar-refractivity contribution is 7.89. The van der Waals surface area contributed by atoms with Crippen molar-refractivity contribution in [1.29, 1.82) is 0 Å². The van der Waals surface area contributed by atoms with Gasteiger partial charge in [-0.25, -0.2) is 8.42 Å². The fourth-order valence-electron chi connectivity index (χ4n) is 2.34. The van der Waals surface area contributed by atoms with Crippen molar-refractivity contribution >= 4 is 10.0 Å². The zero-order chi connectivity index (χ0) is 15.1. The van der Waals surface area contributed by atoms with Gasteiger partial charge in [-0.2, -0.15) is 4.31 Å². The van der Waals surface area contributed by atoms with Crippen molar-refractivity contribution in [3.05, 3.63) is 29.8 Å². The van der Waals surface area contributed by atoms with Crippen LogP contribution in [0.4, 0.5) is 0 Å². The van der Waals surface area contributed by atoms with Crippen LogP contribution < -0.4 is 5.32 Å². The van der Waals surface area contributed by atoms with E-state index in [0.29, 0.717) is 37.7 Å². The largest absolute Gasteiger partial charge is 0.380 e. The quantitative estimate of drug-likeness (QED) is 0.811. The van der Waals surface area contributed by atoms with Gasteiger partial charge in [0.05, 0.1) is 11.5 Å². The Morgan fingerprint density at radius 3 is 2.95 bits per heavy atom. The number of rotatable bonds is 6. The van der Waals surface area contributed by atoms with Gasteiger partial charge in [0.25, 0.3) is 0 Å². The lowest BCUT2D eigenvalue weighted by Crippen LogP contribution is -2.33. The van der Waals surface area contributed by atoms with Gasteiger partial charge in [-0.1, -0.05) is 19.1 Å². The monoisotopic (exact) mass is 312 g/mol. The molecule has 1 N–H and O–H groups in total. The molecule has 1 saturated heterocycles. The summed E-state index contributed by atoms with van der Waals surface area (Å²) in [6.07, 6.45) is 1.81. The predicted octanol–water partition coefficient (Wildman–Crippen LogP) is 1.60. The Balaban J connectivity index is 2.13. The second-order valence-corrected chi connectivity index (χ2v) is 7.13. The summed E-state index contributed by atoms with van der Waals surface area (Å²) < 4.78 is 32.2. The standard InChI is InChI=1S/C15H24N2O3S/c1-2-7-16-13-14-5-3-6-15(12-14)21(18,19)17-8-4-10-20-11-9-17/h3,5-6,12,16H,2,4,7-11,13H2,1H3. The van der Waals surface area contributed by atoms with Crippen molar-refractivity contribution in [1.82, 2.24) is 9.62 Å². The zero-order valence-corrected chi connectivity index (χ0v) is 13.4. The van der Waals surface area contributed by atoms with Gasteiger partial charge in [0.1, 0.15) is 0 Å². The molecular weight excluding hydrogens is 288 g/mol. The van der Waals surface area contributed by atoms with Gasteiger partial charge in [0, 0.05) is 26.2 Å².